The number of halogens is 5. The van der Waals surface area contributed by atoms with E-state index in [-0.39, 0.29) is 21.6 Å². The number of hydrogen-bond acceptors (Lipinski definition) is 7. The Bertz CT molecular complexity index is 1500. The number of rotatable bonds is 6. The number of alkyl halides is 3. The third kappa shape index (κ3) is 4.98. The van der Waals surface area contributed by atoms with Gasteiger partial charge in [-0.3, -0.25) is 9.59 Å². The van der Waals surface area contributed by atoms with E-state index >= 15 is 0 Å². The highest BCUT2D eigenvalue weighted by Gasteiger charge is 2.41. The normalized spacial score (nSPS) is 14.4. The van der Waals surface area contributed by atoms with Gasteiger partial charge in [0.05, 0.1) is 21.2 Å². The molecule has 15 heteroatoms. The van der Waals surface area contributed by atoms with Crippen molar-refractivity contribution >= 4 is 62.4 Å². The number of carbonyl (C=O) groups excluding carboxylic acids is 2. The molecule has 0 radical (unpaired) electrons. The minimum atomic E-state index is -4.74. The Hall–Kier alpha value is -3.68. The number of hydrogen-bond donors (Lipinski definition) is 2. The molecule has 0 spiro atoms. The molecule has 0 saturated carbocycles. The Morgan fingerprint density at radius 3 is 2.17 bits per heavy atom. The Labute approximate surface area is 211 Å². The topological polar surface area (TPSA) is 121 Å². The van der Waals surface area contributed by atoms with E-state index in [0.717, 1.165) is 6.07 Å². The molecule has 186 valence electrons. The van der Waals surface area contributed by atoms with E-state index in [1.807, 2.05) is 0 Å². The number of nitrogens with zero attached hydrogens (tertiary/aromatic N) is 3. The van der Waals surface area contributed by atoms with Crippen molar-refractivity contribution in [3.63, 3.8) is 0 Å². The Morgan fingerprint density at radius 1 is 0.917 bits per heavy atom. The van der Waals surface area contributed by atoms with E-state index in [1.54, 1.807) is 0 Å². The second kappa shape index (κ2) is 9.41. The van der Waals surface area contributed by atoms with Crippen molar-refractivity contribution in [1.82, 2.24) is 9.97 Å². The van der Waals surface area contributed by atoms with Crippen LogP contribution in [0.1, 0.15) is 5.56 Å². The SMILES string of the molecule is O=C1C(Cl)=C(Nc2ccc(S(=O)(=O)Nc3ncccn3)cc2)C(=O)N1c1cc(C(F)(F)F)ccc1Cl. The molecule has 4 rings (SSSR count). The quantitative estimate of drug-likeness (QED) is 0.431. The van der Waals surface area contributed by atoms with Crippen LogP contribution in [0, 0.1) is 0 Å². The van der Waals surface area contributed by atoms with Gasteiger partial charge in [0.1, 0.15) is 10.7 Å². The van der Waals surface area contributed by atoms with Crippen LogP contribution in [0.2, 0.25) is 5.02 Å². The summed E-state index contributed by atoms with van der Waals surface area (Å²) in [5, 5.41) is 1.73. The molecule has 1 aliphatic rings. The van der Waals surface area contributed by atoms with Gasteiger partial charge < -0.3 is 5.32 Å². The highest BCUT2D eigenvalue weighted by molar-refractivity contribution is 7.92. The fraction of sp³-hybridized carbons (Fsp3) is 0.0476. The largest absolute Gasteiger partial charge is 0.416 e. The van der Waals surface area contributed by atoms with Gasteiger partial charge in [-0.15, -0.1) is 0 Å². The maximum Gasteiger partial charge on any atom is 0.416 e. The molecule has 0 bridgehead atoms. The summed E-state index contributed by atoms with van der Waals surface area (Å²) in [6.07, 6.45) is -2.04. The fourth-order valence-electron chi connectivity index (χ4n) is 3.08. The van der Waals surface area contributed by atoms with Crippen LogP contribution >= 0.6 is 23.2 Å². The van der Waals surface area contributed by atoms with E-state index in [4.69, 9.17) is 23.2 Å². The lowest BCUT2D eigenvalue weighted by atomic mass is 10.2. The van der Waals surface area contributed by atoms with Gasteiger partial charge in [-0.1, -0.05) is 23.2 Å². The third-order valence-electron chi connectivity index (χ3n) is 4.77. The van der Waals surface area contributed by atoms with Crippen molar-refractivity contribution in [3.8, 4) is 0 Å². The lowest BCUT2D eigenvalue weighted by Crippen LogP contribution is -2.32. The summed E-state index contributed by atoms with van der Waals surface area (Å²) in [5.41, 5.74) is -1.88. The minimum absolute atomic E-state index is 0.139. The first kappa shape index (κ1) is 25.4. The van der Waals surface area contributed by atoms with E-state index in [0.29, 0.717) is 17.0 Å². The average Bonchev–Trinajstić information content (AvgIpc) is 3.02. The molecular formula is C21H12Cl2F3N5O4S. The summed E-state index contributed by atoms with van der Waals surface area (Å²) < 4.78 is 66.6. The minimum Gasteiger partial charge on any atom is -0.350 e. The van der Waals surface area contributed by atoms with Gasteiger partial charge in [0.25, 0.3) is 21.8 Å². The first-order chi connectivity index (χ1) is 16.9. The molecule has 0 atom stereocenters. The summed E-state index contributed by atoms with van der Waals surface area (Å²) in [4.78, 5) is 33.4. The summed E-state index contributed by atoms with van der Waals surface area (Å²) in [7, 11) is -4.03. The first-order valence-electron chi connectivity index (χ1n) is 9.71. The molecule has 0 aliphatic carbocycles. The van der Waals surface area contributed by atoms with Crippen LogP contribution < -0.4 is 14.9 Å². The zero-order chi connectivity index (χ0) is 26.3. The van der Waals surface area contributed by atoms with Gasteiger partial charge in [0.2, 0.25) is 5.95 Å². The van der Waals surface area contributed by atoms with Gasteiger partial charge >= 0.3 is 6.18 Å². The second-order valence-electron chi connectivity index (χ2n) is 7.13. The van der Waals surface area contributed by atoms with E-state index in [9.17, 15) is 31.2 Å². The highest BCUT2D eigenvalue weighted by atomic mass is 35.5. The van der Waals surface area contributed by atoms with Crippen LogP contribution in [-0.4, -0.2) is 30.2 Å². The number of aromatic nitrogens is 2. The van der Waals surface area contributed by atoms with Crippen LogP contribution in [-0.2, 0) is 25.8 Å². The van der Waals surface area contributed by atoms with Gasteiger partial charge in [-0.25, -0.2) is 28.0 Å². The smallest absolute Gasteiger partial charge is 0.350 e. The third-order valence-corrected chi connectivity index (χ3v) is 6.78. The molecule has 0 saturated heterocycles. The standard InChI is InChI=1S/C21H12Cl2F3N5O4S/c22-14-7-2-11(21(24,25)26)10-15(14)31-18(32)16(23)17(19(31)33)29-12-3-5-13(6-4-12)36(34,35)30-20-27-8-1-9-28-20/h1-10,29H,(H,27,28,30). The molecule has 2 heterocycles. The molecule has 2 amide bonds. The van der Waals surface area contributed by atoms with Crippen molar-refractivity contribution in [3.05, 3.63) is 82.2 Å². The molecule has 1 aromatic heterocycles. The molecule has 36 heavy (non-hydrogen) atoms. The summed E-state index contributed by atoms with van der Waals surface area (Å²) in [5.74, 6) is -2.28. The van der Waals surface area contributed by atoms with Crippen LogP contribution in [0.15, 0.2) is 76.5 Å². The summed E-state index contributed by atoms with van der Waals surface area (Å²) in [6, 6.07) is 8.66. The van der Waals surface area contributed by atoms with Crippen molar-refractivity contribution < 1.29 is 31.2 Å². The molecule has 2 aromatic carbocycles. The number of imide groups is 1. The molecule has 0 fully saturated rings. The number of carbonyl (C=O) groups is 2. The molecule has 0 unspecified atom stereocenters. The number of sulfonamides is 1. The maximum atomic E-state index is 13.1. The lowest BCUT2D eigenvalue weighted by molar-refractivity contribution is -0.137. The molecular weight excluding hydrogens is 546 g/mol. The summed E-state index contributed by atoms with van der Waals surface area (Å²) >= 11 is 12.0. The molecule has 9 nitrogen and oxygen atoms in total. The molecule has 3 aromatic rings. The number of amides is 2. The van der Waals surface area contributed by atoms with Crippen LogP contribution in [0.4, 0.5) is 30.5 Å². The van der Waals surface area contributed by atoms with Gasteiger partial charge in [0.15, 0.2) is 0 Å². The van der Waals surface area contributed by atoms with Gasteiger partial charge in [-0.2, -0.15) is 13.2 Å². The van der Waals surface area contributed by atoms with Crippen molar-refractivity contribution in [2.24, 2.45) is 0 Å². The highest BCUT2D eigenvalue weighted by Crippen LogP contribution is 2.38. The molecule has 1 aliphatic heterocycles. The maximum absolute atomic E-state index is 13.1. The zero-order valence-corrected chi connectivity index (χ0v) is 19.9. The monoisotopic (exact) mass is 557 g/mol. The number of benzene rings is 2. The summed E-state index contributed by atoms with van der Waals surface area (Å²) in [6.45, 7) is 0. The van der Waals surface area contributed by atoms with Crippen LogP contribution in [0.25, 0.3) is 0 Å². The predicted molar refractivity (Wildman–Crippen MR) is 125 cm³/mol. The lowest BCUT2D eigenvalue weighted by Gasteiger charge is -2.18. The number of anilines is 3. The number of nitrogens with one attached hydrogen (secondary N) is 2. The second-order valence-corrected chi connectivity index (χ2v) is 9.59. The van der Waals surface area contributed by atoms with Gasteiger partial charge in [-0.05, 0) is 48.5 Å². The van der Waals surface area contributed by atoms with Gasteiger partial charge in [0, 0.05) is 18.1 Å². The Balaban J connectivity index is 1.56. The van der Waals surface area contributed by atoms with Crippen molar-refractivity contribution in [2.75, 3.05) is 14.9 Å². The average molecular weight is 558 g/mol. The van der Waals surface area contributed by atoms with Crippen molar-refractivity contribution in [2.45, 2.75) is 11.1 Å². The van der Waals surface area contributed by atoms with E-state index in [2.05, 4.69) is 20.0 Å². The zero-order valence-electron chi connectivity index (χ0n) is 17.5. The molecule has 2 N–H and O–H groups in total. The predicted octanol–water partition coefficient (Wildman–Crippen LogP) is 4.39. The van der Waals surface area contributed by atoms with E-state index in [1.165, 1.54) is 42.7 Å². The Kier molecular flexibility index (Phi) is 6.64. The van der Waals surface area contributed by atoms with Crippen LogP contribution in [0.3, 0.4) is 0 Å². The van der Waals surface area contributed by atoms with Crippen LogP contribution in [0.5, 0.6) is 0 Å². The Morgan fingerprint density at radius 2 is 1.56 bits per heavy atom. The van der Waals surface area contributed by atoms with E-state index < -0.39 is 50.0 Å². The van der Waals surface area contributed by atoms with Crippen molar-refractivity contribution in [1.29, 1.82) is 0 Å². The first-order valence-corrected chi connectivity index (χ1v) is 11.9. The fourth-order valence-corrected chi connectivity index (χ4v) is 4.46.